The zero-order chi connectivity index (χ0) is 13.0. The fourth-order valence-electron chi connectivity index (χ4n) is 2.56. The average molecular weight is 249 g/mol. The van der Waals surface area contributed by atoms with E-state index < -0.39 is 0 Å². The molecule has 2 N–H and O–H groups in total. The lowest BCUT2D eigenvalue weighted by Gasteiger charge is -2.23. The van der Waals surface area contributed by atoms with Crippen molar-refractivity contribution in [2.75, 3.05) is 13.2 Å². The molecule has 1 aromatic carbocycles. The van der Waals surface area contributed by atoms with Gasteiger partial charge in [0.05, 0.1) is 6.61 Å². The van der Waals surface area contributed by atoms with Crippen molar-refractivity contribution in [1.29, 1.82) is 0 Å². The van der Waals surface area contributed by atoms with Crippen LogP contribution in [0.4, 0.5) is 0 Å². The zero-order valence-corrected chi connectivity index (χ0v) is 11.3. The first kappa shape index (κ1) is 13.4. The summed E-state index contributed by atoms with van der Waals surface area (Å²) < 4.78 is 5.86. The molecule has 3 heteroatoms. The molecule has 0 aliphatic carbocycles. The summed E-state index contributed by atoms with van der Waals surface area (Å²) >= 11 is 0. The van der Waals surface area contributed by atoms with Crippen LogP contribution in [0.2, 0.25) is 0 Å². The van der Waals surface area contributed by atoms with Crippen LogP contribution in [-0.4, -0.2) is 24.4 Å². The molecule has 1 aromatic rings. The van der Waals surface area contributed by atoms with Crippen LogP contribution in [0.5, 0.6) is 5.75 Å². The van der Waals surface area contributed by atoms with E-state index >= 15 is 0 Å². The number of rotatable bonds is 4. The first-order valence-corrected chi connectivity index (χ1v) is 6.81. The molecule has 1 aliphatic rings. The number of nitrogens with one attached hydrogen (secondary N) is 1. The number of fused-ring (bicyclic) bond motifs is 1. The van der Waals surface area contributed by atoms with E-state index in [2.05, 4.69) is 37.4 Å². The van der Waals surface area contributed by atoms with E-state index in [1.807, 2.05) is 0 Å². The highest BCUT2D eigenvalue weighted by Crippen LogP contribution is 2.34. The van der Waals surface area contributed by atoms with Gasteiger partial charge in [-0.25, -0.2) is 0 Å². The van der Waals surface area contributed by atoms with Crippen molar-refractivity contribution in [1.82, 2.24) is 5.32 Å². The summed E-state index contributed by atoms with van der Waals surface area (Å²) in [7, 11) is 0. The molecule has 0 saturated heterocycles. The van der Waals surface area contributed by atoms with E-state index in [1.54, 1.807) is 0 Å². The Morgan fingerprint density at radius 1 is 1.50 bits per heavy atom. The van der Waals surface area contributed by atoms with Gasteiger partial charge in [-0.2, -0.15) is 0 Å². The van der Waals surface area contributed by atoms with Gasteiger partial charge in [0.1, 0.15) is 5.75 Å². The molecular formula is C15H23NO2. The van der Waals surface area contributed by atoms with Gasteiger partial charge in [0.15, 0.2) is 0 Å². The number of benzene rings is 1. The molecule has 1 heterocycles. The molecule has 2 rings (SSSR count). The first-order chi connectivity index (χ1) is 8.72. The largest absolute Gasteiger partial charge is 0.493 e. The summed E-state index contributed by atoms with van der Waals surface area (Å²) in [5, 5.41) is 12.6. The van der Waals surface area contributed by atoms with Crippen molar-refractivity contribution in [2.45, 2.75) is 45.2 Å². The van der Waals surface area contributed by atoms with Gasteiger partial charge in [0, 0.05) is 24.3 Å². The molecule has 100 valence electrons. The Labute approximate surface area is 109 Å². The average Bonchev–Trinajstić information content (AvgIpc) is 2.54. The summed E-state index contributed by atoms with van der Waals surface area (Å²) in [6.45, 7) is 5.25. The molecule has 0 bridgehead atoms. The minimum Gasteiger partial charge on any atom is -0.493 e. The first-order valence-electron chi connectivity index (χ1n) is 6.81. The number of aliphatic hydroxyl groups is 1. The van der Waals surface area contributed by atoms with Crippen molar-refractivity contribution in [3.05, 3.63) is 29.3 Å². The smallest absolute Gasteiger partial charge is 0.126 e. The van der Waals surface area contributed by atoms with Crippen molar-refractivity contribution >= 4 is 0 Å². The van der Waals surface area contributed by atoms with Crippen LogP contribution in [0.3, 0.4) is 0 Å². The topological polar surface area (TPSA) is 41.5 Å². The van der Waals surface area contributed by atoms with Crippen LogP contribution in [0.15, 0.2) is 18.2 Å². The molecule has 2 unspecified atom stereocenters. The Morgan fingerprint density at radius 2 is 2.33 bits per heavy atom. The van der Waals surface area contributed by atoms with E-state index in [1.165, 1.54) is 11.1 Å². The van der Waals surface area contributed by atoms with Crippen LogP contribution in [0.25, 0.3) is 0 Å². The van der Waals surface area contributed by atoms with E-state index in [9.17, 15) is 0 Å². The minimum atomic E-state index is 0.234. The SMILES string of the molecule is Cc1cccc2c1OCCCC2NC(C)CCO. The van der Waals surface area contributed by atoms with Crippen molar-refractivity contribution in [3.8, 4) is 5.75 Å². The van der Waals surface area contributed by atoms with Gasteiger partial charge in [-0.1, -0.05) is 18.2 Å². The van der Waals surface area contributed by atoms with Gasteiger partial charge in [-0.15, -0.1) is 0 Å². The molecular weight excluding hydrogens is 226 g/mol. The Bertz CT molecular complexity index is 392. The standard InChI is InChI=1S/C15H23NO2/c1-11-5-3-6-13-14(16-12(2)8-9-17)7-4-10-18-15(11)13/h3,5-6,12,14,16-17H,4,7-10H2,1-2H3. The van der Waals surface area contributed by atoms with Gasteiger partial charge >= 0.3 is 0 Å². The Balaban J connectivity index is 2.19. The number of hydrogen-bond acceptors (Lipinski definition) is 3. The maximum absolute atomic E-state index is 9.00. The third-order valence-electron chi connectivity index (χ3n) is 3.55. The summed E-state index contributed by atoms with van der Waals surface area (Å²) in [6.07, 6.45) is 2.95. The van der Waals surface area contributed by atoms with Gasteiger partial charge < -0.3 is 15.2 Å². The van der Waals surface area contributed by atoms with Crippen molar-refractivity contribution < 1.29 is 9.84 Å². The minimum absolute atomic E-state index is 0.234. The fraction of sp³-hybridized carbons (Fsp3) is 0.600. The molecule has 1 aliphatic heterocycles. The van der Waals surface area contributed by atoms with E-state index in [0.29, 0.717) is 12.1 Å². The predicted octanol–water partition coefficient (Wildman–Crippen LogP) is 2.57. The van der Waals surface area contributed by atoms with Gasteiger partial charge in [0.25, 0.3) is 0 Å². The highest BCUT2D eigenvalue weighted by atomic mass is 16.5. The fourth-order valence-corrected chi connectivity index (χ4v) is 2.56. The van der Waals surface area contributed by atoms with Gasteiger partial charge in [-0.05, 0) is 38.7 Å². The second-order valence-corrected chi connectivity index (χ2v) is 5.12. The maximum Gasteiger partial charge on any atom is 0.126 e. The highest BCUT2D eigenvalue weighted by molar-refractivity contribution is 5.43. The molecule has 0 amide bonds. The second-order valence-electron chi connectivity index (χ2n) is 5.12. The molecule has 0 fully saturated rings. The lowest BCUT2D eigenvalue weighted by atomic mass is 9.99. The van der Waals surface area contributed by atoms with Crippen LogP contribution < -0.4 is 10.1 Å². The number of ether oxygens (including phenoxy) is 1. The second kappa shape index (κ2) is 6.21. The number of para-hydroxylation sites is 1. The summed E-state index contributed by atoms with van der Waals surface area (Å²) in [5.41, 5.74) is 2.47. The molecule has 3 nitrogen and oxygen atoms in total. The lowest BCUT2D eigenvalue weighted by Crippen LogP contribution is -2.31. The third kappa shape index (κ3) is 3.03. The Morgan fingerprint density at radius 3 is 3.11 bits per heavy atom. The van der Waals surface area contributed by atoms with Crippen LogP contribution in [0.1, 0.15) is 43.4 Å². The lowest BCUT2D eigenvalue weighted by molar-refractivity contribution is 0.261. The Kier molecular flexibility index (Phi) is 4.61. The van der Waals surface area contributed by atoms with E-state index in [4.69, 9.17) is 9.84 Å². The maximum atomic E-state index is 9.00. The molecule has 0 spiro atoms. The number of aryl methyl sites for hydroxylation is 1. The predicted molar refractivity (Wildman–Crippen MR) is 72.9 cm³/mol. The van der Waals surface area contributed by atoms with E-state index in [-0.39, 0.29) is 6.61 Å². The van der Waals surface area contributed by atoms with Crippen LogP contribution >= 0.6 is 0 Å². The quantitative estimate of drug-likeness (QED) is 0.861. The highest BCUT2D eigenvalue weighted by Gasteiger charge is 2.21. The number of hydrogen-bond donors (Lipinski definition) is 2. The van der Waals surface area contributed by atoms with Gasteiger partial charge in [0.2, 0.25) is 0 Å². The molecule has 2 atom stereocenters. The molecule has 0 aromatic heterocycles. The van der Waals surface area contributed by atoms with Crippen LogP contribution in [-0.2, 0) is 0 Å². The molecule has 0 radical (unpaired) electrons. The van der Waals surface area contributed by atoms with Crippen LogP contribution in [0, 0.1) is 6.92 Å². The van der Waals surface area contributed by atoms with Gasteiger partial charge in [-0.3, -0.25) is 0 Å². The number of aliphatic hydroxyl groups excluding tert-OH is 1. The van der Waals surface area contributed by atoms with Crippen molar-refractivity contribution in [3.63, 3.8) is 0 Å². The normalized spacial score (nSPS) is 20.7. The zero-order valence-electron chi connectivity index (χ0n) is 11.3. The monoisotopic (exact) mass is 249 g/mol. The third-order valence-corrected chi connectivity index (χ3v) is 3.55. The summed E-state index contributed by atoms with van der Waals surface area (Å²) in [4.78, 5) is 0. The molecule has 18 heavy (non-hydrogen) atoms. The summed E-state index contributed by atoms with van der Waals surface area (Å²) in [6, 6.07) is 7.00. The van der Waals surface area contributed by atoms with E-state index in [0.717, 1.165) is 31.6 Å². The molecule has 0 saturated carbocycles. The Hall–Kier alpha value is -1.06. The summed E-state index contributed by atoms with van der Waals surface area (Å²) in [5.74, 6) is 1.05. The van der Waals surface area contributed by atoms with Crippen molar-refractivity contribution in [2.24, 2.45) is 0 Å².